The van der Waals surface area contributed by atoms with E-state index in [2.05, 4.69) is 45.3 Å². The summed E-state index contributed by atoms with van der Waals surface area (Å²) >= 11 is 0. The predicted molar refractivity (Wildman–Crippen MR) is 80.6 cm³/mol. The molecule has 0 unspecified atom stereocenters. The van der Waals surface area contributed by atoms with Crippen LogP contribution in [0.5, 0.6) is 0 Å². The first kappa shape index (κ1) is 12.9. The lowest BCUT2D eigenvalue weighted by Gasteiger charge is -2.09. The molecule has 0 atom stereocenters. The predicted octanol–water partition coefficient (Wildman–Crippen LogP) is 3.28. The Morgan fingerprint density at radius 3 is 2.85 bits per heavy atom. The normalized spacial score (nSPS) is 11.2. The van der Waals surface area contributed by atoms with E-state index in [9.17, 15) is 0 Å². The van der Waals surface area contributed by atoms with Gasteiger partial charge in [0.05, 0.1) is 17.4 Å². The Kier molecular flexibility index (Phi) is 3.81. The molecule has 3 rings (SSSR count). The van der Waals surface area contributed by atoms with Gasteiger partial charge in [-0.25, -0.2) is 9.97 Å². The third-order valence-corrected chi connectivity index (χ3v) is 3.56. The molecule has 0 radical (unpaired) electrons. The van der Waals surface area contributed by atoms with Crippen LogP contribution in [0.15, 0.2) is 43.0 Å². The molecule has 2 aromatic heterocycles. The lowest BCUT2D eigenvalue weighted by atomic mass is 10.3. The second-order valence-corrected chi connectivity index (χ2v) is 5.07. The standard InChI is InChI=1S/C16H20N4/c1-2-6-16-18-14-7-3-4-8-15(14)20(16)11-5-10-19-12-9-17-13-19/h3-4,7-9,12-13H,2,5-6,10-11H2,1H3. The summed E-state index contributed by atoms with van der Waals surface area (Å²) < 4.78 is 4.49. The third kappa shape index (κ3) is 2.59. The lowest BCUT2D eigenvalue weighted by molar-refractivity contribution is 0.555. The van der Waals surface area contributed by atoms with Crippen molar-refractivity contribution in [1.29, 1.82) is 0 Å². The fraction of sp³-hybridized carbons (Fsp3) is 0.375. The van der Waals surface area contributed by atoms with E-state index in [0.29, 0.717) is 0 Å². The molecule has 1 aromatic carbocycles. The van der Waals surface area contributed by atoms with Crippen molar-refractivity contribution in [2.75, 3.05) is 0 Å². The molecule has 0 saturated carbocycles. The van der Waals surface area contributed by atoms with Gasteiger partial charge in [-0.05, 0) is 25.0 Å². The second-order valence-electron chi connectivity index (χ2n) is 5.07. The largest absolute Gasteiger partial charge is 0.337 e. The topological polar surface area (TPSA) is 35.6 Å². The van der Waals surface area contributed by atoms with Gasteiger partial charge in [-0.1, -0.05) is 19.1 Å². The van der Waals surface area contributed by atoms with Crippen LogP contribution in [-0.4, -0.2) is 19.1 Å². The van der Waals surface area contributed by atoms with Crippen molar-refractivity contribution in [1.82, 2.24) is 19.1 Å². The molecule has 20 heavy (non-hydrogen) atoms. The minimum Gasteiger partial charge on any atom is -0.337 e. The zero-order valence-electron chi connectivity index (χ0n) is 11.9. The summed E-state index contributed by atoms with van der Waals surface area (Å²) in [5, 5.41) is 0. The van der Waals surface area contributed by atoms with Crippen molar-refractivity contribution in [2.24, 2.45) is 0 Å². The summed E-state index contributed by atoms with van der Waals surface area (Å²) in [7, 11) is 0. The van der Waals surface area contributed by atoms with E-state index in [1.807, 2.05) is 18.7 Å². The van der Waals surface area contributed by atoms with Gasteiger partial charge in [-0.3, -0.25) is 0 Å². The monoisotopic (exact) mass is 268 g/mol. The van der Waals surface area contributed by atoms with E-state index in [0.717, 1.165) is 37.9 Å². The zero-order valence-corrected chi connectivity index (χ0v) is 11.9. The molecule has 104 valence electrons. The second kappa shape index (κ2) is 5.90. The Bertz CT molecular complexity index is 667. The number of hydrogen-bond acceptors (Lipinski definition) is 2. The Morgan fingerprint density at radius 2 is 2.05 bits per heavy atom. The molecule has 0 aliphatic carbocycles. The summed E-state index contributed by atoms with van der Waals surface area (Å²) in [6.07, 6.45) is 8.98. The van der Waals surface area contributed by atoms with Crippen molar-refractivity contribution >= 4 is 11.0 Å². The van der Waals surface area contributed by atoms with Crippen LogP contribution in [0.3, 0.4) is 0 Å². The van der Waals surface area contributed by atoms with Gasteiger partial charge in [-0.15, -0.1) is 0 Å². The Morgan fingerprint density at radius 1 is 1.15 bits per heavy atom. The van der Waals surface area contributed by atoms with Crippen molar-refractivity contribution in [2.45, 2.75) is 39.3 Å². The number of hydrogen-bond donors (Lipinski definition) is 0. The Labute approximate surface area is 119 Å². The third-order valence-electron chi connectivity index (χ3n) is 3.56. The van der Waals surface area contributed by atoms with Gasteiger partial charge in [0, 0.05) is 31.9 Å². The van der Waals surface area contributed by atoms with Gasteiger partial charge in [0.2, 0.25) is 0 Å². The number of aromatic nitrogens is 4. The number of fused-ring (bicyclic) bond motifs is 1. The average Bonchev–Trinajstić information content (AvgIpc) is 3.08. The summed E-state index contributed by atoms with van der Waals surface area (Å²) in [5.41, 5.74) is 2.36. The quantitative estimate of drug-likeness (QED) is 0.688. The Hall–Kier alpha value is -2.10. The van der Waals surface area contributed by atoms with Crippen LogP contribution >= 0.6 is 0 Å². The van der Waals surface area contributed by atoms with Crippen LogP contribution in [0.1, 0.15) is 25.6 Å². The Balaban J connectivity index is 1.79. The van der Waals surface area contributed by atoms with E-state index < -0.39 is 0 Å². The molecule has 0 aliphatic heterocycles. The maximum absolute atomic E-state index is 4.76. The van der Waals surface area contributed by atoms with Crippen LogP contribution in [-0.2, 0) is 19.5 Å². The molecule has 0 aliphatic rings. The molecule has 0 N–H and O–H groups in total. The van der Waals surface area contributed by atoms with E-state index in [-0.39, 0.29) is 0 Å². The minimum absolute atomic E-state index is 0.998. The van der Waals surface area contributed by atoms with E-state index in [1.54, 1.807) is 0 Å². The van der Waals surface area contributed by atoms with Gasteiger partial charge in [0.15, 0.2) is 0 Å². The molecule has 0 amide bonds. The van der Waals surface area contributed by atoms with Gasteiger partial charge in [0.25, 0.3) is 0 Å². The van der Waals surface area contributed by atoms with Gasteiger partial charge < -0.3 is 9.13 Å². The van der Waals surface area contributed by atoms with E-state index in [1.165, 1.54) is 11.3 Å². The van der Waals surface area contributed by atoms with Crippen molar-refractivity contribution < 1.29 is 0 Å². The van der Waals surface area contributed by atoms with Gasteiger partial charge >= 0.3 is 0 Å². The molecular formula is C16H20N4. The first-order chi connectivity index (χ1) is 9.88. The molecule has 0 spiro atoms. The lowest BCUT2D eigenvalue weighted by Crippen LogP contribution is -2.06. The van der Waals surface area contributed by atoms with Crippen molar-refractivity contribution in [3.63, 3.8) is 0 Å². The molecule has 0 fully saturated rings. The molecule has 3 aromatic rings. The fourth-order valence-electron chi connectivity index (χ4n) is 2.62. The van der Waals surface area contributed by atoms with Crippen LogP contribution in [0, 0.1) is 0 Å². The smallest absolute Gasteiger partial charge is 0.109 e. The van der Waals surface area contributed by atoms with Gasteiger partial charge in [-0.2, -0.15) is 0 Å². The first-order valence-electron chi connectivity index (χ1n) is 7.28. The summed E-state index contributed by atoms with van der Waals surface area (Å²) in [5.74, 6) is 1.21. The summed E-state index contributed by atoms with van der Waals surface area (Å²) in [6, 6.07) is 8.41. The summed E-state index contributed by atoms with van der Waals surface area (Å²) in [4.78, 5) is 8.84. The number of rotatable bonds is 6. The van der Waals surface area contributed by atoms with Crippen LogP contribution in [0.2, 0.25) is 0 Å². The van der Waals surface area contributed by atoms with Crippen LogP contribution in [0.25, 0.3) is 11.0 Å². The van der Waals surface area contributed by atoms with Crippen molar-refractivity contribution in [3.05, 3.63) is 48.8 Å². The highest BCUT2D eigenvalue weighted by Crippen LogP contribution is 2.17. The fourth-order valence-corrected chi connectivity index (χ4v) is 2.62. The molecule has 0 saturated heterocycles. The van der Waals surface area contributed by atoms with Gasteiger partial charge in [0.1, 0.15) is 5.82 Å². The highest BCUT2D eigenvalue weighted by molar-refractivity contribution is 5.75. The number of nitrogens with zero attached hydrogens (tertiary/aromatic N) is 4. The van der Waals surface area contributed by atoms with Crippen LogP contribution in [0.4, 0.5) is 0 Å². The average molecular weight is 268 g/mol. The van der Waals surface area contributed by atoms with Crippen molar-refractivity contribution in [3.8, 4) is 0 Å². The molecule has 4 nitrogen and oxygen atoms in total. The number of aryl methyl sites for hydroxylation is 3. The minimum atomic E-state index is 0.998. The maximum atomic E-state index is 4.76. The number of benzene rings is 1. The molecular weight excluding hydrogens is 248 g/mol. The number of imidazole rings is 2. The molecule has 2 heterocycles. The first-order valence-corrected chi connectivity index (χ1v) is 7.28. The highest BCUT2D eigenvalue weighted by atomic mass is 15.1. The highest BCUT2D eigenvalue weighted by Gasteiger charge is 2.09. The van der Waals surface area contributed by atoms with Crippen LogP contribution < -0.4 is 0 Å². The van der Waals surface area contributed by atoms with E-state index >= 15 is 0 Å². The molecule has 0 bridgehead atoms. The zero-order chi connectivity index (χ0) is 13.8. The number of para-hydroxylation sites is 2. The maximum Gasteiger partial charge on any atom is 0.109 e. The SMILES string of the molecule is CCCc1nc2ccccc2n1CCCn1ccnc1. The van der Waals surface area contributed by atoms with E-state index in [4.69, 9.17) is 4.98 Å². The summed E-state index contributed by atoms with van der Waals surface area (Å²) in [6.45, 7) is 4.21. The molecule has 4 heteroatoms.